The van der Waals surface area contributed by atoms with Gasteiger partial charge in [-0.05, 0) is 45.6 Å². The van der Waals surface area contributed by atoms with E-state index in [1.165, 1.54) is 0 Å². The van der Waals surface area contributed by atoms with Crippen molar-refractivity contribution in [3.8, 4) is 11.3 Å². The molecule has 1 amide bonds. The molecule has 5 rings (SSSR count). The average Bonchev–Trinajstić information content (AvgIpc) is 3.32. The third-order valence-electron chi connectivity index (χ3n) is 6.61. The number of hydrogen-bond donors (Lipinski definition) is 0. The van der Waals surface area contributed by atoms with Gasteiger partial charge in [-0.15, -0.1) is 0 Å². The highest BCUT2D eigenvalue weighted by Crippen LogP contribution is 2.33. The summed E-state index contributed by atoms with van der Waals surface area (Å²) in [5.74, 6) is 0.233. The first-order chi connectivity index (χ1) is 15.3. The molecule has 7 nitrogen and oxygen atoms in total. The van der Waals surface area contributed by atoms with Crippen molar-refractivity contribution in [3.05, 3.63) is 47.2 Å². The lowest BCUT2D eigenvalue weighted by atomic mass is 10.0. The first kappa shape index (κ1) is 21.1. The Hall–Kier alpha value is -2.74. The molecular formula is C24H28N4O3S. The number of aryl methyl sites for hydroxylation is 2. The topological polar surface area (TPSA) is 85.2 Å². The quantitative estimate of drug-likeness (QED) is 0.605. The van der Waals surface area contributed by atoms with Gasteiger partial charge >= 0.3 is 0 Å². The van der Waals surface area contributed by atoms with E-state index in [1.54, 1.807) is 4.68 Å². The van der Waals surface area contributed by atoms with Crippen LogP contribution >= 0.6 is 0 Å². The number of likely N-dealkylation sites (tertiary alicyclic amines) is 1. The number of rotatable bonds is 3. The highest BCUT2D eigenvalue weighted by Gasteiger charge is 2.33. The van der Waals surface area contributed by atoms with Gasteiger partial charge in [0.15, 0.2) is 15.5 Å². The fourth-order valence-electron chi connectivity index (χ4n) is 4.84. The lowest BCUT2D eigenvalue weighted by molar-refractivity contribution is 0.0726. The van der Waals surface area contributed by atoms with Gasteiger partial charge in [-0.3, -0.25) is 4.79 Å². The number of benzene rings is 1. The molecule has 0 N–H and O–H groups in total. The van der Waals surface area contributed by atoms with Gasteiger partial charge in [-0.25, -0.2) is 18.1 Å². The molecule has 4 heterocycles. The molecule has 168 valence electrons. The third-order valence-corrected chi connectivity index (χ3v) is 8.36. The van der Waals surface area contributed by atoms with E-state index in [2.05, 4.69) is 0 Å². The Morgan fingerprint density at radius 2 is 1.78 bits per heavy atom. The fourth-order valence-corrected chi connectivity index (χ4v) is 6.54. The van der Waals surface area contributed by atoms with Crippen LogP contribution in [0.4, 0.5) is 0 Å². The number of nitrogens with zero attached hydrogens (tertiary/aromatic N) is 4. The van der Waals surface area contributed by atoms with E-state index in [1.807, 2.05) is 49.1 Å². The number of sulfone groups is 1. The fraction of sp³-hybridized carbons (Fsp3) is 0.458. The molecule has 3 aromatic rings. The van der Waals surface area contributed by atoms with Gasteiger partial charge < -0.3 is 4.90 Å². The number of carbonyl (C=O) groups excluding carboxylic acids is 1. The largest absolute Gasteiger partial charge is 0.339 e. The minimum absolute atomic E-state index is 0.00663. The van der Waals surface area contributed by atoms with E-state index >= 15 is 0 Å². The maximum Gasteiger partial charge on any atom is 0.254 e. The van der Waals surface area contributed by atoms with Gasteiger partial charge in [0, 0.05) is 18.7 Å². The lowest BCUT2D eigenvalue weighted by Crippen LogP contribution is -2.35. The molecule has 1 atom stereocenters. The van der Waals surface area contributed by atoms with Crippen LogP contribution in [-0.4, -0.2) is 58.6 Å². The molecule has 0 bridgehead atoms. The Bertz CT molecular complexity index is 1290. The molecule has 2 aliphatic rings. The van der Waals surface area contributed by atoms with Crippen molar-refractivity contribution >= 4 is 26.8 Å². The minimum atomic E-state index is -3.08. The van der Waals surface area contributed by atoms with Crippen molar-refractivity contribution < 1.29 is 13.2 Å². The average molecular weight is 453 g/mol. The summed E-state index contributed by atoms with van der Waals surface area (Å²) < 4.78 is 26.0. The standard InChI is InChI=1S/C24H28N4O3S/c1-16-6-8-18(9-7-16)21-14-20(24(29)27-11-4-3-5-12-27)22-17(2)26-28(23(22)25-21)19-10-13-32(30,31)15-19/h6-9,14,19H,3-5,10-13,15H2,1-2H3. The molecule has 1 aromatic carbocycles. The van der Waals surface area contributed by atoms with Crippen LogP contribution in [0.5, 0.6) is 0 Å². The van der Waals surface area contributed by atoms with Gasteiger partial charge in [-0.2, -0.15) is 5.10 Å². The third kappa shape index (κ3) is 3.81. The van der Waals surface area contributed by atoms with Crippen molar-refractivity contribution in [2.45, 2.75) is 45.6 Å². The summed E-state index contributed by atoms with van der Waals surface area (Å²) in [5.41, 5.74) is 4.71. The van der Waals surface area contributed by atoms with Crippen LogP contribution in [0.1, 0.15) is 53.3 Å². The first-order valence-electron chi connectivity index (χ1n) is 11.3. The molecule has 32 heavy (non-hydrogen) atoms. The summed E-state index contributed by atoms with van der Waals surface area (Å²) >= 11 is 0. The summed E-state index contributed by atoms with van der Waals surface area (Å²) in [4.78, 5) is 20.4. The summed E-state index contributed by atoms with van der Waals surface area (Å²) in [7, 11) is -3.08. The zero-order valence-corrected chi connectivity index (χ0v) is 19.4. The molecule has 0 saturated carbocycles. The molecule has 0 aliphatic carbocycles. The highest BCUT2D eigenvalue weighted by atomic mass is 32.2. The molecule has 0 spiro atoms. The summed E-state index contributed by atoms with van der Waals surface area (Å²) in [6, 6.07) is 9.70. The number of aromatic nitrogens is 3. The summed E-state index contributed by atoms with van der Waals surface area (Å²) in [6.07, 6.45) is 3.70. The number of amides is 1. The summed E-state index contributed by atoms with van der Waals surface area (Å²) in [5, 5.41) is 5.43. The SMILES string of the molecule is Cc1ccc(-c2cc(C(=O)N3CCCCC3)c3c(C)nn(C4CCS(=O)(=O)C4)c3n2)cc1. The molecule has 1 unspecified atom stereocenters. The molecule has 0 radical (unpaired) electrons. The van der Waals surface area contributed by atoms with Crippen molar-refractivity contribution in [3.63, 3.8) is 0 Å². The van der Waals surface area contributed by atoms with Crippen LogP contribution in [-0.2, 0) is 9.84 Å². The van der Waals surface area contributed by atoms with Gasteiger partial charge in [0.25, 0.3) is 5.91 Å². The smallest absolute Gasteiger partial charge is 0.254 e. The second-order valence-corrected chi connectivity index (χ2v) is 11.3. The predicted molar refractivity (Wildman–Crippen MR) is 125 cm³/mol. The van der Waals surface area contributed by atoms with Crippen molar-refractivity contribution in [1.29, 1.82) is 0 Å². The maximum atomic E-state index is 13.6. The Balaban J connectivity index is 1.70. The lowest BCUT2D eigenvalue weighted by Gasteiger charge is -2.27. The number of carbonyl (C=O) groups is 1. The van der Waals surface area contributed by atoms with Crippen LogP contribution in [0.25, 0.3) is 22.3 Å². The van der Waals surface area contributed by atoms with E-state index in [9.17, 15) is 13.2 Å². The number of pyridine rings is 1. The summed E-state index contributed by atoms with van der Waals surface area (Å²) in [6.45, 7) is 5.43. The van der Waals surface area contributed by atoms with Gasteiger partial charge in [0.2, 0.25) is 0 Å². The van der Waals surface area contributed by atoms with Gasteiger partial charge in [0.05, 0.1) is 39.9 Å². The van der Waals surface area contributed by atoms with Crippen molar-refractivity contribution in [2.75, 3.05) is 24.6 Å². The molecule has 8 heteroatoms. The van der Waals surface area contributed by atoms with E-state index in [-0.39, 0.29) is 23.5 Å². The second kappa shape index (κ2) is 7.99. The molecule has 2 aromatic heterocycles. The van der Waals surface area contributed by atoms with Crippen LogP contribution in [0.3, 0.4) is 0 Å². The Morgan fingerprint density at radius 1 is 1.06 bits per heavy atom. The van der Waals surface area contributed by atoms with E-state index in [0.29, 0.717) is 29.0 Å². The maximum absolute atomic E-state index is 13.6. The van der Waals surface area contributed by atoms with Crippen LogP contribution in [0, 0.1) is 13.8 Å². The molecule has 2 saturated heterocycles. The Kier molecular flexibility index (Phi) is 5.28. The van der Waals surface area contributed by atoms with E-state index < -0.39 is 9.84 Å². The van der Waals surface area contributed by atoms with Crippen LogP contribution in [0.15, 0.2) is 30.3 Å². The van der Waals surface area contributed by atoms with E-state index in [0.717, 1.165) is 48.9 Å². The highest BCUT2D eigenvalue weighted by molar-refractivity contribution is 7.91. The van der Waals surface area contributed by atoms with Gasteiger partial charge in [0.1, 0.15) is 0 Å². The molecular weight excluding hydrogens is 424 g/mol. The van der Waals surface area contributed by atoms with Gasteiger partial charge in [-0.1, -0.05) is 29.8 Å². The molecule has 2 aliphatic heterocycles. The number of hydrogen-bond acceptors (Lipinski definition) is 5. The van der Waals surface area contributed by atoms with Crippen molar-refractivity contribution in [1.82, 2.24) is 19.7 Å². The van der Waals surface area contributed by atoms with Crippen molar-refractivity contribution in [2.24, 2.45) is 0 Å². The second-order valence-electron chi connectivity index (χ2n) is 9.06. The zero-order valence-electron chi connectivity index (χ0n) is 18.5. The van der Waals surface area contributed by atoms with E-state index in [4.69, 9.17) is 10.1 Å². The number of fused-ring (bicyclic) bond motifs is 1. The Labute approximate surface area is 188 Å². The first-order valence-corrected chi connectivity index (χ1v) is 13.1. The minimum Gasteiger partial charge on any atom is -0.339 e. The molecule has 2 fully saturated rings. The number of piperidine rings is 1. The zero-order chi connectivity index (χ0) is 22.5. The van der Waals surface area contributed by atoms with Crippen LogP contribution in [0.2, 0.25) is 0 Å². The predicted octanol–water partition coefficient (Wildman–Crippen LogP) is 3.70. The monoisotopic (exact) mass is 452 g/mol. The van der Waals surface area contributed by atoms with Crippen LogP contribution < -0.4 is 0 Å². The Morgan fingerprint density at radius 3 is 2.44 bits per heavy atom. The normalized spacial score (nSPS) is 20.7.